The molecule has 0 fully saturated rings. The van der Waals surface area contributed by atoms with E-state index in [4.69, 9.17) is 14.2 Å². The summed E-state index contributed by atoms with van der Waals surface area (Å²) in [6, 6.07) is 16.6. The van der Waals surface area contributed by atoms with Gasteiger partial charge >= 0.3 is 0 Å². The molecule has 0 saturated carbocycles. The largest absolute Gasteiger partial charge is 0.494 e. The zero-order chi connectivity index (χ0) is 24.3. The molecule has 0 atom stereocenters. The van der Waals surface area contributed by atoms with Crippen molar-refractivity contribution < 1.29 is 23.4 Å². The predicted molar refractivity (Wildman–Crippen MR) is 133 cm³/mol. The van der Waals surface area contributed by atoms with Crippen molar-refractivity contribution in [3.8, 4) is 17.2 Å². The number of benzene rings is 3. The third-order valence-electron chi connectivity index (χ3n) is 4.60. The van der Waals surface area contributed by atoms with Crippen LogP contribution in [-0.2, 0) is 6.61 Å². The zero-order valence-corrected chi connectivity index (χ0v) is 20.6. The van der Waals surface area contributed by atoms with Crippen LogP contribution in [0.4, 0.5) is 4.39 Å². The first-order chi connectivity index (χ1) is 16.5. The number of ether oxygens (including phenoxy) is 3. The first-order valence-electron chi connectivity index (χ1n) is 10.9. The maximum Gasteiger partial charge on any atom is 0.271 e. The average molecular weight is 529 g/mol. The molecule has 178 valence electrons. The van der Waals surface area contributed by atoms with E-state index in [9.17, 15) is 9.18 Å². The van der Waals surface area contributed by atoms with Gasteiger partial charge in [0, 0.05) is 5.56 Å². The third-order valence-corrected chi connectivity index (χ3v) is 5.19. The van der Waals surface area contributed by atoms with Gasteiger partial charge < -0.3 is 14.2 Å². The summed E-state index contributed by atoms with van der Waals surface area (Å²) < 4.78 is 30.9. The summed E-state index contributed by atoms with van der Waals surface area (Å²) in [5.74, 6) is 1.14. The molecule has 0 unspecified atom stereocenters. The Bertz CT molecular complexity index is 1120. The smallest absolute Gasteiger partial charge is 0.271 e. The lowest BCUT2D eigenvalue weighted by Gasteiger charge is -2.14. The van der Waals surface area contributed by atoms with Crippen molar-refractivity contribution in [3.05, 3.63) is 87.6 Å². The van der Waals surface area contributed by atoms with E-state index in [-0.39, 0.29) is 18.3 Å². The number of halogens is 2. The lowest BCUT2D eigenvalue weighted by molar-refractivity contribution is 0.0955. The minimum absolute atomic E-state index is 0.255. The van der Waals surface area contributed by atoms with E-state index in [1.165, 1.54) is 18.3 Å². The number of hydrazone groups is 1. The monoisotopic (exact) mass is 528 g/mol. The SMILES string of the molecule is CCCOc1ccc(C(=O)N/N=C\c2cc(Br)c(OCc3ccc(F)cc3)c(OCC)c2)cc1. The lowest BCUT2D eigenvalue weighted by atomic mass is 10.2. The Morgan fingerprint density at radius 3 is 2.44 bits per heavy atom. The summed E-state index contributed by atoms with van der Waals surface area (Å²) in [5.41, 5.74) is 4.52. The fourth-order valence-electron chi connectivity index (χ4n) is 2.95. The molecule has 3 aromatic carbocycles. The standard InChI is InChI=1S/C26H26BrFN2O4/c1-3-13-33-22-11-7-20(8-12-22)26(31)30-29-16-19-14-23(27)25(24(15-19)32-4-2)34-17-18-5-9-21(28)10-6-18/h5-12,14-16H,3-4,13,17H2,1-2H3,(H,30,31)/b29-16-. The van der Waals surface area contributed by atoms with Gasteiger partial charge in [-0.1, -0.05) is 19.1 Å². The molecule has 8 heteroatoms. The molecule has 0 aliphatic carbocycles. The number of nitrogens with zero attached hydrogens (tertiary/aromatic N) is 1. The highest BCUT2D eigenvalue weighted by Crippen LogP contribution is 2.37. The maximum atomic E-state index is 13.1. The van der Waals surface area contributed by atoms with Crippen molar-refractivity contribution >= 4 is 28.1 Å². The number of rotatable bonds is 11. The summed E-state index contributed by atoms with van der Waals surface area (Å²) in [5, 5.41) is 4.06. The van der Waals surface area contributed by atoms with Gasteiger partial charge in [-0.15, -0.1) is 0 Å². The Hall–Kier alpha value is -3.39. The van der Waals surface area contributed by atoms with Gasteiger partial charge in [0.15, 0.2) is 11.5 Å². The highest BCUT2D eigenvalue weighted by molar-refractivity contribution is 9.10. The van der Waals surface area contributed by atoms with Gasteiger partial charge in [-0.2, -0.15) is 5.10 Å². The van der Waals surface area contributed by atoms with Crippen LogP contribution in [0, 0.1) is 5.82 Å². The molecule has 0 aliphatic heterocycles. The number of hydrogen-bond acceptors (Lipinski definition) is 5. The van der Waals surface area contributed by atoms with Crippen LogP contribution in [0.25, 0.3) is 0 Å². The fraction of sp³-hybridized carbons (Fsp3) is 0.231. The first-order valence-corrected chi connectivity index (χ1v) is 11.7. The summed E-state index contributed by atoms with van der Waals surface area (Å²) in [6.07, 6.45) is 2.44. The molecule has 3 rings (SSSR count). The van der Waals surface area contributed by atoms with Gasteiger partial charge in [-0.05, 0) is 88.9 Å². The number of carbonyl (C=O) groups excluding carboxylic acids is 1. The van der Waals surface area contributed by atoms with Crippen molar-refractivity contribution in [2.24, 2.45) is 5.10 Å². The molecular weight excluding hydrogens is 503 g/mol. The molecule has 34 heavy (non-hydrogen) atoms. The molecule has 0 aliphatic rings. The van der Waals surface area contributed by atoms with Crippen LogP contribution in [0.3, 0.4) is 0 Å². The van der Waals surface area contributed by atoms with Gasteiger partial charge in [0.05, 0.1) is 23.9 Å². The second-order valence-electron chi connectivity index (χ2n) is 7.25. The van der Waals surface area contributed by atoms with Crippen LogP contribution in [0.15, 0.2) is 70.2 Å². The van der Waals surface area contributed by atoms with Gasteiger partial charge in [0.2, 0.25) is 0 Å². The molecule has 6 nitrogen and oxygen atoms in total. The maximum absolute atomic E-state index is 13.1. The van der Waals surface area contributed by atoms with E-state index in [2.05, 4.69) is 26.5 Å². The Morgan fingerprint density at radius 1 is 1.03 bits per heavy atom. The first kappa shape index (κ1) is 25.2. The quantitative estimate of drug-likeness (QED) is 0.240. The molecule has 0 spiro atoms. The van der Waals surface area contributed by atoms with E-state index in [1.807, 2.05) is 13.8 Å². The Kier molecular flexibility index (Phi) is 9.46. The topological polar surface area (TPSA) is 69.2 Å². The Balaban J connectivity index is 1.65. The number of nitrogens with one attached hydrogen (secondary N) is 1. The Labute approximate surface area is 206 Å². The van der Waals surface area contributed by atoms with Crippen molar-refractivity contribution in [1.29, 1.82) is 0 Å². The molecule has 3 aromatic rings. The molecule has 0 radical (unpaired) electrons. The van der Waals surface area contributed by atoms with Crippen molar-refractivity contribution in [2.75, 3.05) is 13.2 Å². The van der Waals surface area contributed by atoms with Crippen LogP contribution < -0.4 is 19.6 Å². The van der Waals surface area contributed by atoms with Gasteiger partial charge in [-0.3, -0.25) is 4.79 Å². The van der Waals surface area contributed by atoms with E-state index in [0.717, 1.165) is 17.7 Å². The third kappa shape index (κ3) is 7.31. The van der Waals surface area contributed by atoms with Gasteiger partial charge in [-0.25, -0.2) is 9.82 Å². The summed E-state index contributed by atoms with van der Waals surface area (Å²) >= 11 is 3.51. The molecule has 0 bridgehead atoms. The molecule has 1 amide bonds. The van der Waals surface area contributed by atoms with Crippen LogP contribution in [0.1, 0.15) is 41.8 Å². The second-order valence-corrected chi connectivity index (χ2v) is 8.10. The highest BCUT2D eigenvalue weighted by Gasteiger charge is 2.12. The van der Waals surface area contributed by atoms with Crippen LogP contribution in [0.2, 0.25) is 0 Å². The van der Waals surface area contributed by atoms with Crippen molar-refractivity contribution in [2.45, 2.75) is 26.9 Å². The van der Waals surface area contributed by atoms with Crippen LogP contribution >= 0.6 is 15.9 Å². The normalized spacial score (nSPS) is 10.8. The van der Waals surface area contributed by atoms with Crippen molar-refractivity contribution in [1.82, 2.24) is 5.43 Å². The summed E-state index contributed by atoms with van der Waals surface area (Å²) in [7, 11) is 0. The minimum atomic E-state index is -0.332. The summed E-state index contributed by atoms with van der Waals surface area (Å²) in [6.45, 7) is 5.23. The number of hydrogen-bond donors (Lipinski definition) is 1. The minimum Gasteiger partial charge on any atom is -0.494 e. The summed E-state index contributed by atoms with van der Waals surface area (Å²) in [4.78, 5) is 12.3. The average Bonchev–Trinajstić information content (AvgIpc) is 2.84. The molecule has 0 aromatic heterocycles. The molecular formula is C26H26BrFN2O4. The number of amides is 1. The van der Waals surface area contributed by atoms with E-state index in [0.29, 0.717) is 40.3 Å². The van der Waals surface area contributed by atoms with Crippen LogP contribution in [0.5, 0.6) is 17.2 Å². The van der Waals surface area contributed by atoms with E-state index in [1.54, 1.807) is 48.5 Å². The lowest BCUT2D eigenvalue weighted by Crippen LogP contribution is -2.17. The van der Waals surface area contributed by atoms with Gasteiger partial charge in [0.1, 0.15) is 18.2 Å². The highest BCUT2D eigenvalue weighted by atomic mass is 79.9. The fourth-order valence-corrected chi connectivity index (χ4v) is 3.53. The zero-order valence-electron chi connectivity index (χ0n) is 19.0. The van der Waals surface area contributed by atoms with Gasteiger partial charge in [0.25, 0.3) is 5.91 Å². The van der Waals surface area contributed by atoms with E-state index >= 15 is 0 Å². The van der Waals surface area contributed by atoms with E-state index < -0.39 is 0 Å². The predicted octanol–water partition coefficient (Wildman–Crippen LogP) is 6.12. The Morgan fingerprint density at radius 2 is 1.76 bits per heavy atom. The number of carbonyl (C=O) groups is 1. The molecule has 0 saturated heterocycles. The molecule has 0 heterocycles. The van der Waals surface area contributed by atoms with Crippen molar-refractivity contribution in [3.63, 3.8) is 0 Å². The van der Waals surface area contributed by atoms with Crippen LogP contribution in [-0.4, -0.2) is 25.3 Å². The molecule has 1 N–H and O–H groups in total. The second kappa shape index (κ2) is 12.7.